The van der Waals surface area contributed by atoms with Gasteiger partial charge >= 0.3 is 0 Å². The van der Waals surface area contributed by atoms with Crippen LogP contribution in [-0.4, -0.2) is 76.9 Å². The molecule has 5 heteroatoms. The van der Waals surface area contributed by atoms with Crippen molar-refractivity contribution in [1.82, 2.24) is 4.90 Å². The highest BCUT2D eigenvalue weighted by atomic mass is 16.6. The second-order valence-electron chi connectivity index (χ2n) is 7.18. The number of rotatable bonds is 14. The molecule has 1 fully saturated rings. The molecule has 0 aromatic heterocycles. The van der Waals surface area contributed by atoms with Gasteiger partial charge in [0, 0.05) is 6.54 Å². The predicted molar refractivity (Wildman–Crippen MR) is 97.5 cm³/mol. The Labute approximate surface area is 149 Å². The first-order valence-corrected chi connectivity index (χ1v) is 9.66. The Morgan fingerprint density at radius 1 is 0.750 bits per heavy atom. The molecule has 24 heavy (non-hydrogen) atoms. The van der Waals surface area contributed by atoms with E-state index in [0.717, 1.165) is 25.0 Å². The summed E-state index contributed by atoms with van der Waals surface area (Å²) >= 11 is 0. The fourth-order valence-electron chi connectivity index (χ4n) is 2.92. The van der Waals surface area contributed by atoms with Crippen LogP contribution in [0.3, 0.4) is 0 Å². The van der Waals surface area contributed by atoms with Crippen molar-refractivity contribution >= 4 is 0 Å². The van der Waals surface area contributed by atoms with Gasteiger partial charge in [-0.05, 0) is 51.6 Å². The number of ether oxygens (including phenoxy) is 4. The van der Waals surface area contributed by atoms with Gasteiger partial charge in [0.2, 0.25) is 0 Å². The lowest BCUT2D eigenvalue weighted by molar-refractivity contribution is -0.0136. The van der Waals surface area contributed by atoms with Gasteiger partial charge in [-0.1, -0.05) is 13.8 Å². The van der Waals surface area contributed by atoms with Crippen LogP contribution >= 0.6 is 0 Å². The van der Waals surface area contributed by atoms with Crippen LogP contribution in [0.25, 0.3) is 0 Å². The topological polar surface area (TPSA) is 40.2 Å². The van der Waals surface area contributed by atoms with Crippen molar-refractivity contribution in [2.24, 2.45) is 11.8 Å². The van der Waals surface area contributed by atoms with Crippen molar-refractivity contribution in [1.29, 1.82) is 0 Å². The molecule has 0 saturated carbocycles. The maximum Gasteiger partial charge on any atom is 0.0703 e. The highest BCUT2D eigenvalue weighted by molar-refractivity contribution is 4.73. The molecule has 0 atom stereocenters. The number of nitrogens with zero attached hydrogens (tertiary/aromatic N) is 1. The zero-order chi connectivity index (χ0) is 17.6. The lowest BCUT2D eigenvalue weighted by Gasteiger charge is -2.33. The van der Waals surface area contributed by atoms with E-state index in [1.807, 2.05) is 13.8 Å². The molecule has 1 aliphatic rings. The summed E-state index contributed by atoms with van der Waals surface area (Å²) in [6.45, 7) is 16.8. The van der Waals surface area contributed by atoms with Crippen molar-refractivity contribution in [3.63, 3.8) is 0 Å². The minimum Gasteiger partial charge on any atom is -0.378 e. The van der Waals surface area contributed by atoms with E-state index in [0.29, 0.717) is 39.6 Å². The second kappa shape index (κ2) is 14.0. The summed E-state index contributed by atoms with van der Waals surface area (Å²) in [7, 11) is 0. The molecule has 0 aromatic carbocycles. The van der Waals surface area contributed by atoms with Crippen LogP contribution in [0.2, 0.25) is 0 Å². The van der Waals surface area contributed by atoms with Gasteiger partial charge in [0.15, 0.2) is 0 Å². The van der Waals surface area contributed by atoms with E-state index < -0.39 is 0 Å². The quantitative estimate of drug-likeness (QED) is 0.453. The Morgan fingerprint density at radius 2 is 1.25 bits per heavy atom. The van der Waals surface area contributed by atoms with E-state index in [-0.39, 0.29) is 6.10 Å². The second-order valence-corrected chi connectivity index (χ2v) is 7.18. The Hall–Kier alpha value is -0.200. The molecule has 0 N–H and O–H groups in total. The van der Waals surface area contributed by atoms with Gasteiger partial charge in [0.25, 0.3) is 0 Å². The van der Waals surface area contributed by atoms with E-state index >= 15 is 0 Å². The molecule has 0 aromatic rings. The zero-order valence-electron chi connectivity index (χ0n) is 16.3. The molecule has 1 rings (SSSR count). The van der Waals surface area contributed by atoms with E-state index in [4.69, 9.17) is 18.9 Å². The minimum atomic E-state index is 0.267. The van der Waals surface area contributed by atoms with Crippen LogP contribution in [0, 0.1) is 11.8 Å². The smallest absolute Gasteiger partial charge is 0.0703 e. The summed E-state index contributed by atoms with van der Waals surface area (Å²) in [4.78, 5) is 2.52. The zero-order valence-corrected chi connectivity index (χ0v) is 16.3. The van der Waals surface area contributed by atoms with Crippen LogP contribution in [0.4, 0.5) is 0 Å². The fourth-order valence-corrected chi connectivity index (χ4v) is 2.92. The Morgan fingerprint density at radius 3 is 1.75 bits per heavy atom. The Kier molecular flexibility index (Phi) is 12.8. The van der Waals surface area contributed by atoms with Gasteiger partial charge in [-0.2, -0.15) is 0 Å². The number of piperidine rings is 1. The van der Waals surface area contributed by atoms with E-state index in [9.17, 15) is 0 Å². The van der Waals surface area contributed by atoms with Gasteiger partial charge in [-0.25, -0.2) is 0 Å². The minimum absolute atomic E-state index is 0.267. The van der Waals surface area contributed by atoms with Crippen LogP contribution in [0.5, 0.6) is 0 Å². The summed E-state index contributed by atoms with van der Waals surface area (Å²) in [5.41, 5.74) is 0. The molecule has 1 aliphatic heterocycles. The van der Waals surface area contributed by atoms with E-state index in [1.54, 1.807) is 0 Å². The molecule has 0 bridgehead atoms. The third-order valence-corrected chi connectivity index (χ3v) is 4.55. The molecule has 0 spiro atoms. The van der Waals surface area contributed by atoms with Gasteiger partial charge in [0.05, 0.1) is 52.4 Å². The van der Waals surface area contributed by atoms with Gasteiger partial charge in [-0.15, -0.1) is 0 Å². The molecule has 0 radical (unpaired) electrons. The van der Waals surface area contributed by atoms with Crippen molar-refractivity contribution in [2.45, 2.75) is 46.6 Å². The lowest BCUT2D eigenvalue weighted by Crippen LogP contribution is -2.37. The van der Waals surface area contributed by atoms with Crippen LogP contribution in [0.1, 0.15) is 40.5 Å². The number of hydrogen-bond acceptors (Lipinski definition) is 5. The standard InChI is InChI=1S/C19H39NO4/c1-17(2)19-5-7-20(8-6-19)9-10-21-11-12-22-13-14-23-15-16-24-18(3)4/h17-19H,5-16H2,1-4H3. The molecule has 0 aliphatic carbocycles. The molecule has 144 valence electrons. The van der Waals surface area contributed by atoms with Crippen molar-refractivity contribution in [3.05, 3.63) is 0 Å². The molecule has 0 amide bonds. The summed E-state index contributed by atoms with van der Waals surface area (Å²) in [6, 6.07) is 0. The van der Waals surface area contributed by atoms with Crippen LogP contribution in [0.15, 0.2) is 0 Å². The summed E-state index contributed by atoms with van der Waals surface area (Å²) in [5.74, 6) is 1.74. The molecular weight excluding hydrogens is 306 g/mol. The first-order chi connectivity index (χ1) is 11.6. The molecule has 0 unspecified atom stereocenters. The highest BCUT2D eigenvalue weighted by Gasteiger charge is 2.20. The molecule has 5 nitrogen and oxygen atoms in total. The predicted octanol–water partition coefficient (Wildman–Crippen LogP) is 2.83. The first-order valence-electron chi connectivity index (χ1n) is 9.66. The highest BCUT2D eigenvalue weighted by Crippen LogP contribution is 2.23. The molecule has 1 heterocycles. The third kappa shape index (κ3) is 11.4. The molecular formula is C19H39NO4. The monoisotopic (exact) mass is 345 g/mol. The van der Waals surface area contributed by atoms with Crippen molar-refractivity contribution < 1.29 is 18.9 Å². The van der Waals surface area contributed by atoms with Gasteiger partial charge in [0.1, 0.15) is 0 Å². The lowest BCUT2D eigenvalue weighted by atomic mass is 9.87. The Balaban J connectivity index is 1.78. The van der Waals surface area contributed by atoms with Crippen molar-refractivity contribution in [3.8, 4) is 0 Å². The third-order valence-electron chi connectivity index (χ3n) is 4.55. The van der Waals surface area contributed by atoms with Crippen LogP contribution < -0.4 is 0 Å². The van der Waals surface area contributed by atoms with Gasteiger partial charge in [-0.3, -0.25) is 0 Å². The summed E-state index contributed by atoms with van der Waals surface area (Å²) in [6.07, 6.45) is 2.94. The number of hydrogen-bond donors (Lipinski definition) is 0. The summed E-state index contributed by atoms with van der Waals surface area (Å²) in [5, 5.41) is 0. The largest absolute Gasteiger partial charge is 0.378 e. The van der Waals surface area contributed by atoms with Crippen LogP contribution in [-0.2, 0) is 18.9 Å². The Bertz CT molecular complexity index is 279. The van der Waals surface area contributed by atoms with E-state index in [1.165, 1.54) is 25.9 Å². The van der Waals surface area contributed by atoms with Crippen molar-refractivity contribution in [2.75, 3.05) is 65.9 Å². The summed E-state index contributed by atoms with van der Waals surface area (Å²) < 4.78 is 22.0. The average Bonchev–Trinajstić information content (AvgIpc) is 2.56. The normalized spacial score (nSPS) is 17.2. The maximum atomic E-state index is 5.65. The van der Waals surface area contributed by atoms with E-state index in [2.05, 4.69) is 18.7 Å². The average molecular weight is 346 g/mol. The SMILES string of the molecule is CC(C)OCCOCCOCCOCCN1CCC(C(C)C)CC1. The fraction of sp³-hybridized carbons (Fsp3) is 1.00. The van der Waals surface area contributed by atoms with Gasteiger partial charge < -0.3 is 23.8 Å². The maximum absolute atomic E-state index is 5.65. The molecule has 1 saturated heterocycles. The number of likely N-dealkylation sites (tertiary alicyclic amines) is 1. The first kappa shape index (κ1) is 21.8.